The van der Waals surface area contributed by atoms with Crippen molar-refractivity contribution in [2.45, 2.75) is 45.9 Å². The van der Waals surface area contributed by atoms with E-state index in [0.717, 1.165) is 47.6 Å². The average molecular weight is 495 g/mol. The Morgan fingerprint density at radius 1 is 1.03 bits per heavy atom. The molecule has 5 rings (SSSR count). The maximum atomic E-state index is 11.7. The summed E-state index contributed by atoms with van der Waals surface area (Å²) in [6.07, 6.45) is 0.901. The molecule has 1 aliphatic rings. The first-order chi connectivity index (χ1) is 17.9. The zero-order valence-corrected chi connectivity index (χ0v) is 21.7. The number of ether oxygens (including phenoxy) is 1. The second-order valence-electron chi connectivity index (χ2n) is 9.96. The van der Waals surface area contributed by atoms with Crippen molar-refractivity contribution in [1.82, 2.24) is 5.32 Å². The lowest BCUT2D eigenvalue weighted by Crippen LogP contribution is -2.41. The number of carboxylic acids is 1. The number of carboxylic acid groups (broad SMARTS) is 1. The van der Waals surface area contributed by atoms with Gasteiger partial charge < -0.3 is 20.1 Å². The molecule has 4 aromatic rings. The SMILES string of the molecule is Cc1ccc(C(=O)O)c(C)c1CN1CC(CCN[C@H](C)c2cccc3ccccc23)Oc2ccccc21. The normalized spacial score (nSPS) is 15.8. The fraction of sp³-hybridized carbons (Fsp3) is 0.281. The molecule has 0 fully saturated rings. The first-order valence-electron chi connectivity index (χ1n) is 13.0. The summed E-state index contributed by atoms with van der Waals surface area (Å²) in [4.78, 5) is 14.1. The Balaban J connectivity index is 1.30. The third kappa shape index (κ3) is 5.18. The number of aryl methyl sites for hydroxylation is 1. The van der Waals surface area contributed by atoms with Gasteiger partial charge in [-0.25, -0.2) is 4.79 Å². The molecule has 0 saturated heterocycles. The standard InChI is InChI=1S/C32H34N2O3/c1-21-15-16-26(32(35)36)22(2)29(21)20-34-19-25(37-31-14-7-6-13-30(31)34)17-18-33-23(3)27-12-8-10-24-9-4-5-11-28(24)27/h4-16,23,25,33H,17-20H2,1-3H3,(H,35,36)/t23-,25?/m1/s1. The molecule has 190 valence electrons. The van der Waals surface area contributed by atoms with E-state index in [9.17, 15) is 9.90 Å². The van der Waals surface area contributed by atoms with Crippen LogP contribution in [-0.4, -0.2) is 30.3 Å². The highest BCUT2D eigenvalue weighted by Gasteiger charge is 2.27. The lowest BCUT2D eigenvalue weighted by molar-refractivity contribution is 0.0696. The molecule has 0 saturated carbocycles. The maximum absolute atomic E-state index is 11.7. The number of hydrogen-bond donors (Lipinski definition) is 2. The highest BCUT2D eigenvalue weighted by atomic mass is 16.5. The molecule has 0 bridgehead atoms. The zero-order chi connectivity index (χ0) is 25.9. The van der Waals surface area contributed by atoms with E-state index in [1.54, 1.807) is 6.07 Å². The Bertz CT molecular complexity index is 1430. The highest BCUT2D eigenvalue weighted by Crippen LogP contribution is 2.36. The lowest BCUT2D eigenvalue weighted by Gasteiger charge is -2.37. The number of para-hydroxylation sites is 2. The van der Waals surface area contributed by atoms with Gasteiger partial charge in [-0.2, -0.15) is 0 Å². The topological polar surface area (TPSA) is 61.8 Å². The minimum atomic E-state index is -0.884. The second kappa shape index (κ2) is 10.7. The summed E-state index contributed by atoms with van der Waals surface area (Å²) < 4.78 is 6.40. The Morgan fingerprint density at radius 2 is 1.78 bits per heavy atom. The third-order valence-corrected chi connectivity index (χ3v) is 7.54. The minimum absolute atomic E-state index is 0.0328. The summed E-state index contributed by atoms with van der Waals surface area (Å²) >= 11 is 0. The monoisotopic (exact) mass is 494 g/mol. The molecule has 37 heavy (non-hydrogen) atoms. The van der Waals surface area contributed by atoms with E-state index in [4.69, 9.17) is 4.74 Å². The summed E-state index contributed by atoms with van der Waals surface area (Å²) in [5.41, 5.74) is 5.73. The molecule has 2 atom stereocenters. The molecule has 0 aliphatic carbocycles. The number of aromatic carboxylic acids is 1. The average Bonchev–Trinajstić information content (AvgIpc) is 2.90. The Hall–Kier alpha value is -3.83. The van der Waals surface area contributed by atoms with Crippen LogP contribution in [0.4, 0.5) is 5.69 Å². The van der Waals surface area contributed by atoms with E-state index >= 15 is 0 Å². The maximum Gasteiger partial charge on any atom is 0.335 e. The van der Waals surface area contributed by atoms with Crippen LogP contribution in [0.3, 0.4) is 0 Å². The molecule has 4 aromatic carbocycles. The summed E-state index contributed by atoms with van der Waals surface area (Å²) in [6.45, 7) is 8.40. The number of nitrogens with zero attached hydrogens (tertiary/aromatic N) is 1. The van der Waals surface area contributed by atoms with Gasteiger partial charge in [0.15, 0.2) is 0 Å². The number of anilines is 1. The molecule has 1 heterocycles. The number of nitrogens with one attached hydrogen (secondary N) is 1. The molecule has 5 nitrogen and oxygen atoms in total. The molecule has 1 aliphatic heterocycles. The Morgan fingerprint density at radius 3 is 2.62 bits per heavy atom. The number of benzene rings is 4. The van der Waals surface area contributed by atoms with Gasteiger partial charge >= 0.3 is 5.97 Å². The highest BCUT2D eigenvalue weighted by molar-refractivity contribution is 5.90. The molecular weight excluding hydrogens is 460 g/mol. The van der Waals surface area contributed by atoms with Crippen LogP contribution in [0.1, 0.15) is 52.0 Å². The molecule has 0 aromatic heterocycles. The number of carbonyl (C=O) groups is 1. The predicted octanol–water partition coefficient (Wildman–Crippen LogP) is 6.66. The van der Waals surface area contributed by atoms with Crippen LogP contribution in [0.5, 0.6) is 5.75 Å². The first-order valence-corrected chi connectivity index (χ1v) is 13.0. The number of fused-ring (bicyclic) bond motifs is 2. The summed E-state index contributed by atoms with van der Waals surface area (Å²) in [5, 5.41) is 15.9. The molecule has 0 spiro atoms. The van der Waals surface area contributed by atoms with Crippen molar-refractivity contribution in [2.24, 2.45) is 0 Å². The minimum Gasteiger partial charge on any atom is -0.486 e. The molecule has 0 amide bonds. The van der Waals surface area contributed by atoms with Gasteiger partial charge in [0.2, 0.25) is 0 Å². The van der Waals surface area contributed by atoms with Gasteiger partial charge in [-0.05, 0) is 85.0 Å². The van der Waals surface area contributed by atoms with Crippen molar-refractivity contribution in [3.63, 3.8) is 0 Å². The van der Waals surface area contributed by atoms with Crippen molar-refractivity contribution >= 4 is 22.4 Å². The van der Waals surface area contributed by atoms with Crippen molar-refractivity contribution in [3.8, 4) is 5.75 Å². The second-order valence-corrected chi connectivity index (χ2v) is 9.96. The van der Waals surface area contributed by atoms with E-state index < -0.39 is 5.97 Å². The van der Waals surface area contributed by atoms with Crippen molar-refractivity contribution in [3.05, 3.63) is 107 Å². The quantitative estimate of drug-likeness (QED) is 0.287. The smallest absolute Gasteiger partial charge is 0.335 e. The van der Waals surface area contributed by atoms with E-state index in [1.807, 2.05) is 31.2 Å². The number of hydrogen-bond acceptors (Lipinski definition) is 4. The number of rotatable bonds is 8. The zero-order valence-electron chi connectivity index (χ0n) is 21.7. The van der Waals surface area contributed by atoms with Crippen LogP contribution in [0.25, 0.3) is 10.8 Å². The Labute approximate surface area is 218 Å². The van der Waals surface area contributed by atoms with E-state index in [2.05, 4.69) is 72.6 Å². The molecule has 5 heteroatoms. The first kappa shape index (κ1) is 24.8. The van der Waals surface area contributed by atoms with Crippen molar-refractivity contribution < 1.29 is 14.6 Å². The summed E-state index contributed by atoms with van der Waals surface area (Å²) in [7, 11) is 0. The van der Waals surface area contributed by atoms with E-state index in [1.165, 1.54) is 16.3 Å². The van der Waals surface area contributed by atoms with Gasteiger partial charge in [0.05, 0.1) is 17.8 Å². The van der Waals surface area contributed by atoms with Gasteiger partial charge in [-0.15, -0.1) is 0 Å². The van der Waals surface area contributed by atoms with Crippen LogP contribution in [0.15, 0.2) is 78.9 Å². The third-order valence-electron chi connectivity index (χ3n) is 7.54. The fourth-order valence-corrected chi connectivity index (χ4v) is 5.44. The van der Waals surface area contributed by atoms with Gasteiger partial charge in [-0.3, -0.25) is 0 Å². The largest absolute Gasteiger partial charge is 0.486 e. The summed E-state index contributed by atoms with van der Waals surface area (Å²) in [6, 6.07) is 27.0. The fourth-order valence-electron chi connectivity index (χ4n) is 5.44. The molecule has 2 N–H and O–H groups in total. The van der Waals surface area contributed by atoms with Gasteiger partial charge in [-0.1, -0.05) is 60.7 Å². The van der Waals surface area contributed by atoms with Crippen LogP contribution in [-0.2, 0) is 6.54 Å². The molecular formula is C32H34N2O3. The van der Waals surface area contributed by atoms with Crippen LogP contribution in [0.2, 0.25) is 0 Å². The van der Waals surface area contributed by atoms with Gasteiger partial charge in [0.1, 0.15) is 11.9 Å². The van der Waals surface area contributed by atoms with Gasteiger partial charge in [0.25, 0.3) is 0 Å². The molecule has 0 radical (unpaired) electrons. The summed E-state index contributed by atoms with van der Waals surface area (Å²) in [5.74, 6) is -0.00376. The lowest BCUT2D eigenvalue weighted by atomic mass is 9.96. The molecule has 1 unspecified atom stereocenters. The van der Waals surface area contributed by atoms with Crippen LogP contribution >= 0.6 is 0 Å². The van der Waals surface area contributed by atoms with Crippen LogP contribution in [0, 0.1) is 13.8 Å². The predicted molar refractivity (Wildman–Crippen MR) is 150 cm³/mol. The van der Waals surface area contributed by atoms with Crippen LogP contribution < -0.4 is 15.0 Å². The van der Waals surface area contributed by atoms with E-state index in [-0.39, 0.29) is 12.1 Å². The van der Waals surface area contributed by atoms with E-state index in [0.29, 0.717) is 12.1 Å². The Kier molecular flexibility index (Phi) is 7.15. The van der Waals surface area contributed by atoms with Gasteiger partial charge in [0, 0.05) is 12.6 Å². The van der Waals surface area contributed by atoms with Crippen molar-refractivity contribution in [1.29, 1.82) is 0 Å². The van der Waals surface area contributed by atoms with Crippen molar-refractivity contribution in [2.75, 3.05) is 18.0 Å².